The number of benzene rings is 3. The van der Waals surface area contributed by atoms with Crippen LogP contribution >= 0.6 is 0 Å². The topological polar surface area (TPSA) is 51.3 Å². The number of methoxy groups -OCH3 is 1. The number of carbonyl (C=O) groups excluding carboxylic acids is 1. The molecule has 0 fully saturated rings. The average molecular weight is 371 g/mol. The van der Waals surface area contributed by atoms with Crippen LogP contribution in [-0.2, 0) is 4.74 Å². The molecule has 4 aromatic rings. The summed E-state index contributed by atoms with van der Waals surface area (Å²) in [5.74, 6) is 0.476. The van der Waals surface area contributed by atoms with E-state index in [0.717, 1.165) is 38.9 Å². The number of carbonyl (C=O) groups is 1. The fraction of sp³-hybridized carbons (Fsp3) is 0.125. The van der Waals surface area contributed by atoms with Gasteiger partial charge in [-0.15, -0.1) is 0 Å². The monoisotopic (exact) mass is 371 g/mol. The fourth-order valence-electron chi connectivity index (χ4n) is 3.42. The van der Waals surface area contributed by atoms with Gasteiger partial charge in [0.05, 0.1) is 13.7 Å². The number of hydrogen-bond donors (Lipinski definition) is 1. The first-order chi connectivity index (χ1) is 13.7. The quantitative estimate of drug-likeness (QED) is 0.459. The Hall–Kier alpha value is -3.53. The molecule has 0 amide bonds. The van der Waals surface area contributed by atoms with Crippen LogP contribution in [-0.4, -0.2) is 24.7 Å². The second-order valence-corrected chi connectivity index (χ2v) is 6.45. The van der Waals surface area contributed by atoms with E-state index in [0.29, 0.717) is 12.3 Å². The minimum Gasteiger partial charge on any atom is -0.497 e. The summed E-state index contributed by atoms with van der Waals surface area (Å²) in [7, 11) is 1.66. The third kappa shape index (κ3) is 3.25. The van der Waals surface area contributed by atoms with E-state index in [1.54, 1.807) is 7.11 Å². The molecule has 0 atom stereocenters. The molecule has 0 aliphatic carbocycles. The largest absolute Gasteiger partial charge is 0.497 e. The van der Waals surface area contributed by atoms with Crippen molar-refractivity contribution >= 4 is 16.9 Å². The van der Waals surface area contributed by atoms with Crippen LogP contribution in [0.15, 0.2) is 72.8 Å². The number of aromatic nitrogens is 1. The fourth-order valence-corrected chi connectivity index (χ4v) is 3.42. The SMILES string of the molecule is CCOC(=O)c1[nH]c2ccc(-c3ccc(OC)cc3)cc2c1-c1ccccc1. The maximum Gasteiger partial charge on any atom is 0.355 e. The first-order valence-corrected chi connectivity index (χ1v) is 9.24. The zero-order valence-electron chi connectivity index (χ0n) is 15.9. The molecular weight excluding hydrogens is 350 g/mol. The number of H-pyrrole nitrogens is 1. The summed E-state index contributed by atoms with van der Waals surface area (Å²) in [4.78, 5) is 15.8. The lowest BCUT2D eigenvalue weighted by atomic mass is 9.98. The van der Waals surface area contributed by atoms with Gasteiger partial charge in [0.2, 0.25) is 0 Å². The molecular formula is C24H21NO3. The van der Waals surface area contributed by atoms with Gasteiger partial charge in [-0.05, 0) is 47.9 Å². The van der Waals surface area contributed by atoms with Crippen LogP contribution in [0.2, 0.25) is 0 Å². The third-order valence-electron chi connectivity index (χ3n) is 4.76. The van der Waals surface area contributed by atoms with E-state index in [1.807, 2.05) is 73.7 Å². The number of aromatic amines is 1. The van der Waals surface area contributed by atoms with E-state index in [-0.39, 0.29) is 5.97 Å². The van der Waals surface area contributed by atoms with Crippen molar-refractivity contribution in [1.29, 1.82) is 0 Å². The Morgan fingerprint density at radius 1 is 0.893 bits per heavy atom. The van der Waals surface area contributed by atoms with Gasteiger partial charge >= 0.3 is 5.97 Å². The van der Waals surface area contributed by atoms with E-state index < -0.39 is 0 Å². The van der Waals surface area contributed by atoms with Gasteiger partial charge in [-0.1, -0.05) is 48.5 Å². The van der Waals surface area contributed by atoms with Crippen LogP contribution in [0.25, 0.3) is 33.2 Å². The molecule has 0 bridgehead atoms. The molecule has 140 valence electrons. The average Bonchev–Trinajstić information content (AvgIpc) is 3.13. The van der Waals surface area contributed by atoms with Crippen LogP contribution in [0.4, 0.5) is 0 Å². The van der Waals surface area contributed by atoms with Crippen molar-refractivity contribution in [2.75, 3.05) is 13.7 Å². The van der Waals surface area contributed by atoms with Crippen LogP contribution in [0.5, 0.6) is 5.75 Å². The molecule has 28 heavy (non-hydrogen) atoms. The highest BCUT2D eigenvalue weighted by molar-refractivity contribution is 6.08. The van der Waals surface area contributed by atoms with Crippen LogP contribution in [0.3, 0.4) is 0 Å². The Labute approximate surface area is 163 Å². The van der Waals surface area contributed by atoms with Crippen LogP contribution < -0.4 is 4.74 Å². The number of ether oxygens (including phenoxy) is 2. The Bertz CT molecular complexity index is 1110. The van der Waals surface area contributed by atoms with Gasteiger partial charge in [0, 0.05) is 16.5 Å². The molecule has 1 N–H and O–H groups in total. The normalized spacial score (nSPS) is 10.8. The second-order valence-electron chi connectivity index (χ2n) is 6.45. The van der Waals surface area contributed by atoms with Crippen molar-refractivity contribution < 1.29 is 14.3 Å². The van der Waals surface area contributed by atoms with E-state index >= 15 is 0 Å². The summed E-state index contributed by atoms with van der Waals surface area (Å²) in [5.41, 5.74) is 5.38. The lowest BCUT2D eigenvalue weighted by molar-refractivity contribution is 0.0521. The zero-order chi connectivity index (χ0) is 19.5. The Morgan fingerprint density at radius 2 is 1.61 bits per heavy atom. The summed E-state index contributed by atoms with van der Waals surface area (Å²) in [6.45, 7) is 2.14. The Kier molecular flexibility index (Phi) is 4.85. The molecule has 0 saturated heterocycles. The molecule has 0 saturated carbocycles. The van der Waals surface area contributed by atoms with Crippen molar-refractivity contribution in [2.24, 2.45) is 0 Å². The molecule has 1 heterocycles. The predicted octanol–water partition coefficient (Wildman–Crippen LogP) is 5.69. The minimum absolute atomic E-state index is 0.333. The summed E-state index contributed by atoms with van der Waals surface area (Å²) >= 11 is 0. The minimum atomic E-state index is -0.344. The molecule has 0 radical (unpaired) electrons. The summed E-state index contributed by atoms with van der Waals surface area (Å²) in [6, 6.07) is 24.0. The van der Waals surface area contributed by atoms with Crippen LogP contribution in [0.1, 0.15) is 17.4 Å². The van der Waals surface area contributed by atoms with Crippen molar-refractivity contribution in [3.63, 3.8) is 0 Å². The van der Waals surface area contributed by atoms with E-state index in [2.05, 4.69) is 11.1 Å². The lowest BCUT2D eigenvalue weighted by Crippen LogP contribution is -2.06. The standard InChI is InChI=1S/C24H21NO3/c1-3-28-24(26)23-22(17-7-5-4-6-8-17)20-15-18(11-14-21(20)25-23)16-9-12-19(27-2)13-10-16/h4-15,25H,3H2,1-2H3. The summed E-state index contributed by atoms with van der Waals surface area (Å²) in [6.07, 6.45) is 0. The molecule has 0 spiro atoms. The smallest absolute Gasteiger partial charge is 0.355 e. The lowest BCUT2D eigenvalue weighted by Gasteiger charge is -2.07. The summed E-state index contributed by atoms with van der Waals surface area (Å²) < 4.78 is 10.5. The second kappa shape index (κ2) is 7.61. The number of rotatable bonds is 5. The van der Waals surface area contributed by atoms with Crippen LogP contribution in [0, 0.1) is 0 Å². The van der Waals surface area contributed by atoms with Crippen molar-refractivity contribution in [3.8, 4) is 28.0 Å². The third-order valence-corrected chi connectivity index (χ3v) is 4.76. The molecule has 4 nitrogen and oxygen atoms in total. The van der Waals surface area contributed by atoms with Gasteiger partial charge in [-0.2, -0.15) is 0 Å². The van der Waals surface area contributed by atoms with Crippen molar-refractivity contribution in [2.45, 2.75) is 6.92 Å². The first-order valence-electron chi connectivity index (χ1n) is 9.24. The first kappa shape index (κ1) is 17.9. The molecule has 0 aliphatic rings. The van der Waals surface area contributed by atoms with E-state index in [1.165, 1.54) is 0 Å². The predicted molar refractivity (Wildman–Crippen MR) is 112 cm³/mol. The molecule has 4 heteroatoms. The Balaban J connectivity index is 1.90. The molecule has 3 aromatic carbocycles. The van der Waals surface area contributed by atoms with Crippen molar-refractivity contribution in [3.05, 3.63) is 78.5 Å². The molecule has 0 aliphatic heterocycles. The highest BCUT2D eigenvalue weighted by Gasteiger charge is 2.20. The Morgan fingerprint density at radius 3 is 2.29 bits per heavy atom. The van der Waals surface area contributed by atoms with Gasteiger partial charge < -0.3 is 14.5 Å². The maximum atomic E-state index is 12.6. The van der Waals surface area contributed by atoms with Gasteiger partial charge in [0.25, 0.3) is 0 Å². The molecule has 0 unspecified atom stereocenters. The number of fused-ring (bicyclic) bond motifs is 1. The zero-order valence-corrected chi connectivity index (χ0v) is 15.9. The van der Waals surface area contributed by atoms with Gasteiger partial charge in [0.1, 0.15) is 11.4 Å². The number of esters is 1. The summed E-state index contributed by atoms with van der Waals surface area (Å²) in [5, 5.41) is 0.988. The highest BCUT2D eigenvalue weighted by atomic mass is 16.5. The van der Waals surface area contributed by atoms with Gasteiger partial charge in [-0.3, -0.25) is 0 Å². The number of nitrogens with one attached hydrogen (secondary N) is 1. The highest BCUT2D eigenvalue weighted by Crippen LogP contribution is 2.35. The van der Waals surface area contributed by atoms with E-state index in [9.17, 15) is 4.79 Å². The number of hydrogen-bond acceptors (Lipinski definition) is 3. The van der Waals surface area contributed by atoms with Crippen molar-refractivity contribution in [1.82, 2.24) is 4.98 Å². The van der Waals surface area contributed by atoms with Gasteiger partial charge in [0.15, 0.2) is 0 Å². The maximum absolute atomic E-state index is 12.6. The molecule has 1 aromatic heterocycles. The van der Waals surface area contributed by atoms with Gasteiger partial charge in [-0.25, -0.2) is 4.79 Å². The molecule has 4 rings (SSSR count). The van der Waals surface area contributed by atoms with E-state index in [4.69, 9.17) is 9.47 Å².